The molecule has 72 heavy (non-hydrogen) atoms. The number of nitrogen functional groups attached to an aromatic ring is 1. The molecule has 0 unspecified atom stereocenters. The minimum atomic E-state index is -4.54. The molecule has 0 aliphatic rings. The van der Waals surface area contributed by atoms with Crippen molar-refractivity contribution in [1.29, 1.82) is 0 Å². The molecule has 10 aromatic rings. The molecule has 0 fully saturated rings. The van der Waals surface area contributed by atoms with E-state index in [1.54, 1.807) is 65.4 Å². The number of fused-ring (bicyclic) bond motifs is 3. The van der Waals surface area contributed by atoms with Crippen molar-refractivity contribution < 1.29 is 27.6 Å². The number of aryl methyl sites for hydroxylation is 2. The summed E-state index contributed by atoms with van der Waals surface area (Å²) >= 11 is 25.4. The van der Waals surface area contributed by atoms with E-state index in [1.165, 1.54) is 5.56 Å². The van der Waals surface area contributed by atoms with Gasteiger partial charge < -0.3 is 26.2 Å². The summed E-state index contributed by atoms with van der Waals surface area (Å²) in [5.41, 5.74) is 13.7. The summed E-state index contributed by atoms with van der Waals surface area (Å²) in [6.45, 7) is 6.41. The average Bonchev–Trinajstić information content (AvgIpc) is 3.93. The predicted molar refractivity (Wildman–Crippen MR) is 285 cm³/mol. The SMILES string of the molecule is CCOn1c(-c2c(Cl)cccc2Cl)cc2ccc(C(=O)Nc3ccc(C)c(C)c3)cc21.Nc1ccc2ccccc2n1.O=C(Nc1ccc(C(F)(F)F)nc1)c1ccc2cc(-c3c(Cl)cccc3Cl)[nH]c2c1. The smallest absolute Gasteiger partial charge is 0.414 e. The van der Waals surface area contributed by atoms with E-state index in [2.05, 4.69) is 25.6 Å². The molecule has 6 aromatic carbocycles. The van der Waals surface area contributed by atoms with E-state index in [4.69, 9.17) is 57.0 Å². The molecule has 10 rings (SSSR count). The van der Waals surface area contributed by atoms with Crippen molar-refractivity contribution in [2.45, 2.75) is 26.9 Å². The van der Waals surface area contributed by atoms with Crippen molar-refractivity contribution in [3.05, 3.63) is 206 Å². The summed E-state index contributed by atoms with van der Waals surface area (Å²) in [4.78, 5) is 42.0. The van der Waals surface area contributed by atoms with Crippen molar-refractivity contribution in [2.24, 2.45) is 0 Å². The number of halogens is 7. The summed E-state index contributed by atoms with van der Waals surface area (Å²) < 4.78 is 39.5. The number of alkyl halides is 3. The Morgan fingerprint density at radius 1 is 0.653 bits per heavy atom. The van der Waals surface area contributed by atoms with Crippen molar-refractivity contribution in [1.82, 2.24) is 19.7 Å². The van der Waals surface area contributed by atoms with Crippen molar-refractivity contribution >= 4 is 108 Å². The van der Waals surface area contributed by atoms with Gasteiger partial charge in [-0.05, 0) is 135 Å². The van der Waals surface area contributed by atoms with Crippen LogP contribution in [0.4, 0.5) is 30.4 Å². The van der Waals surface area contributed by atoms with Gasteiger partial charge in [0.05, 0.1) is 48.7 Å². The first-order chi connectivity index (χ1) is 34.5. The van der Waals surface area contributed by atoms with Crippen molar-refractivity contribution in [3.8, 4) is 22.5 Å². The fourth-order valence-electron chi connectivity index (χ4n) is 7.60. The third-order valence-corrected chi connectivity index (χ3v) is 12.6. The summed E-state index contributed by atoms with van der Waals surface area (Å²) in [5.74, 6) is -0.0965. The number of para-hydroxylation sites is 1. The lowest BCUT2D eigenvalue weighted by Crippen LogP contribution is -2.14. The minimum Gasteiger partial charge on any atom is -0.414 e. The lowest BCUT2D eigenvalue weighted by atomic mass is 10.1. The molecule has 0 saturated heterocycles. The van der Waals surface area contributed by atoms with E-state index in [9.17, 15) is 22.8 Å². The Hall–Kier alpha value is -7.55. The summed E-state index contributed by atoms with van der Waals surface area (Å²) in [5, 5.41) is 10.4. The zero-order valence-electron chi connectivity index (χ0n) is 38.5. The summed E-state index contributed by atoms with van der Waals surface area (Å²) in [6.07, 6.45) is -3.57. The number of nitrogens with two attached hydrogens (primary N) is 1. The molecule has 4 heterocycles. The quantitative estimate of drug-likeness (QED) is 0.119. The number of aromatic amines is 1. The number of rotatable bonds is 8. The lowest BCUT2D eigenvalue weighted by Gasteiger charge is -2.13. The maximum absolute atomic E-state index is 12.9. The Morgan fingerprint density at radius 2 is 1.26 bits per heavy atom. The maximum atomic E-state index is 12.9. The number of aromatic nitrogens is 4. The molecule has 0 aliphatic heterocycles. The minimum absolute atomic E-state index is 0.156. The molecule has 0 aliphatic carbocycles. The van der Waals surface area contributed by atoms with E-state index in [-0.39, 0.29) is 11.6 Å². The van der Waals surface area contributed by atoms with Crippen LogP contribution in [0.25, 0.3) is 55.2 Å². The molecule has 364 valence electrons. The van der Waals surface area contributed by atoms with E-state index >= 15 is 0 Å². The number of amides is 2. The van der Waals surface area contributed by atoms with Crippen LogP contribution in [0.2, 0.25) is 20.1 Å². The van der Waals surface area contributed by atoms with Gasteiger partial charge in [0.15, 0.2) is 0 Å². The number of nitrogens with zero attached hydrogens (tertiary/aromatic N) is 3. The van der Waals surface area contributed by atoms with Crippen LogP contribution in [0.5, 0.6) is 0 Å². The highest BCUT2D eigenvalue weighted by Gasteiger charge is 2.32. The first kappa shape index (κ1) is 50.8. The Kier molecular flexibility index (Phi) is 15.4. The number of pyridine rings is 2. The molecule has 2 amide bonds. The molecule has 17 heteroatoms. The zero-order chi connectivity index (χ0) is 51.3. The fraction of sp³-hybridized carbons (Fsp3) is 0.0909. The molecule has 0 spiro atoms. The highest BCUT2D eigenvalue weighted by Crippen LogP contribution is 2.39. The Balaban J connectivity index is 0.000000159. The van der Waals surface area contributed by atoms with Gasteiger partial charge in [0.25, 0.3) is 11.8 Å². The number of anilines is 3. The molecule has 5 N–H and O–H groups in total. The van der Waals surface area contributed by atoms with Crippen LogP contribution in [-0.2, 0) is 6.18 Å². The van der Waals surface area contributed by atoms with Gasteiger partial charge in [-0.1, -0.05) is 94.9 Å². The van der Waals surface area contributed by atoms with Crippen molar-refractivity contribution in [3.63, 3.8) is 0 Å². The maximum Gasteiger partial charge on any atom is 0.433 e. The number of H-pyrrole nitrogens is 1. The summed E-state index contributed by atoms with van der Waals surface area (Å²) in [7, 11) is 0. The predicted octanol–water partition coefficient (Wildman–Crippen LogP) is 15.6. The number of carbonyl (C=O) groups is 2. The normalized spacial score (nSPS) is 11.1. The molecule has 0 radical (unpaired) electrons. The first-order valence-electron chi connectivity index (χ1n) is 22.1. The van der Waals surface area contributed by atoms with Crippen LogP contribution in [-0.4, -0.2) is 38.1 Å². The summed E-state index contributed by atoms with van der Waals surface area (Å²) in [6, 6.07) is 44.4. The third-order valence-electron chi connectivity index (χ3n) is 11.3. The van der Waals surface area contributed by atoms with E-state index < -0.39 is 17.8 Å². The first-order valence-corrected chi connectivity index (χ1v) is 23.6. The Morgan fingerprint density at radius 3 is 1.90 bits per heavy atom. The van der Waals surface area contributed by atoms with Gasteiger partial charge in [-0.25, -0.2) is 9.97 Å². The van der Waals surface area contributed by atoms with Crippen LogP contribution in [0.3, 0.4) is 0 Å². The Bertz CT molecular complexity index is 3600. The van der Waals surface area contributed by atoms with Gasteiger partial charge in [0.2, 0.25) is 0 Å². The number of hydrogen-bond donors (Lipinski definition) is 4. The van der Waals surface area contributed by atoms with E-state index in [1.807, 2.05) is 99.6 Å². The van der Waals surface area contributed by atoms with Crippen LogP contribution in [0, 0.1) is 13.8 Å². The van der Waals surface area contributed by atoms with Gasteiger partial charge in [0.1, 0.15) is 18.1 Å². The number of carbonyl (C=O) groups excluding carboxylic acids is 2. The number of hydrogen-bond acceptors (Lipinski definition) is 6. The van der Waals surface area contributed by atoms with Gasteiger partial charge in [-0.3, -0.25) is 9.59 Å². The van der Waals surface area contributed by atoms with E-state index in [0.717, 1.165) is 62.5 Å². The molecule has 10 nitrogen and oxygen atoms in total. The highest BCUT2D eigenvalue weighted by atomic mass is 35.5. The van der Waals surface area contributed by atoms with Gasteiger partial charge in [-0.15, -0.1) is 0 Å². The topological polar surface area (TPSA) is 140 Å². The highest BCUT2D eigenvalue weighted by molar-refractivity contribution is 6.40. The molecular formula is C55H42Cl4F3N7O3. The number of benzene rings is 6. The molecular weight excluding hydrogens is 1010 g/mol. The second-order valence-electron chi connectivity index (χ2n) is 16.3. The van der Waals surface area contributed by atoms with Crippen LogP contribution in [0.1, 0.15) is 44.5 Å². The zero-order valence-corrected chi connectivity index (χ0v) is 41.5. The molecule has 0 atom stereocenters. The van der Waals surface area contributed by atoms with Crippen LogP contribution >= 0.6 is 46.4 Å². The Labute approximate surface area is 431 Å². The van der Waals surface area contributed by atoms with E-state index in [0.29, 0.717) is 66.0 Å². The standard InChI is InChI=1S/C25H22Cl2N2O2.C21H12Cl2F3N3O.C9H8N2/c1-4-31-29-22-14-18(25(30)28-19-11-8-15(2)16(3)12-19)10-9-17(22)13-23(29)24-20(26)6-5-7-21(24)27;22-14-2-1-3-15(23)19(14)17-8-11-4-5-12(9-16(11)29-17)20(30)28-13-6-7-18(27-10-13)21(24,25)26;10-9-6-5-7-3-1-2-4-8(7)11-9/h5-14H,4H2,1-3H3,(H,28,30);1-10,29H,(H,28,30);1-6H,(H2,10,11). The molecule has 0 bridgehead atoms. The number of nitrogens with one attached hydrogen (secondary N) is 3. The largest absolute Gasteiger partial charge is 0.433 e. The van der Waals surface area contributed by atoms with Crippen LogP contribution in [0.15, 0.2) is 158 Å². The van der Waals surface area contributed by atoms with Gasteiger partial charge >= 0.3 is 6.18 Å². The second-order valence-corrected chi connectivity index (χ2v) is 17.9. The van der Waals surface area contributed by atoms with Gasteiger partial charge in [0, 0.05) is 55.3 Å². The average molecular weight is 1050 g/mol. The second kappa shape index (κ2) is 21.8. The molecule has 4 aromatic heterocycles. The molecule has 0 saturated carbocycles. The monoisotopic (exact) mass is 1050 g/mol. The fourth-order valence-corrected chi connectivity index (χ4v) is 8.80. The van der Waals surface area contributed by atoms with Crippen molar-refractivity contribution in [2.75, 3.05) is 23.0 Å². The van der Waals surface area contributed by atoms with Gasteiger partial charge in [-0.2, -0.15) is 17.9 Å². The van der Waals surface area contributed by atoms with Crippen LogP contribution < -0.4 is 21.2 Å². The lowest BCUT2D eigenvalue weighted by molar-refractivity contribution is -0.141. The third kappa shape index (κ3) is 11.6.